The maximum absolute atomic E-state index is 11.7. The van der Waals surface area contributed by atoms with Gasteiger partial charge in [0.1, 0.15) is 0 Å². The summed E-state index contributed by atoms with van der Waals surface area (Å²) in [6, 6.07) is 0. The lowest BCUT2D eigenvalue weighted by molar-refractivity contribution is -0.148. The third-order valence-electron chi connectivity index (χ3n) is 4.00. The molecule has 1 unspecified atom stereocenters. The van der Waals surface area contributed by atoms with Crippen LogP contribution < -0.4 is 0 Å². The Morgan fingerprint density at radius 1 is 0.857 bits per heavy atom. The predicted molar refractivity (Wildman–Crippen MR) is 88.3 cm³/mol. The van der Waals surface area contributed by atoms with Crippen LogP contribution in [-0.2, 0) is 9.53 Å². The molecule has 21 heavy (non-hydrogen) atoms. The molecule has 0 aliphatic rings. The SMILES string of the molecule is CCCCCCCCCCCCC(CCO)C(=O)OCC. The van der Waals surface area contributed by atoms with Crippen LogP contribution in [0.2, 0.25) is 0 Å². The van der Waals surface area contributed by atoms with E-state index in [0.29, 0.717) is 13.0 Å². The van der Waals surface area contributed by atoms with Gasteiger partial charge >= 0.3 is 5.97 Å². The Balaban J connectivity index is 3.47. The summed E-state index contributed by atoms with van der Waals surface area (Å²) < 4.78 is 5.05. The highest BCUT2D eigenvalue weighted by atomic mass is 16.5. The van der Waals surface area contributed by atoms with Crippen LogP contribution in [0.3, 0.4) is 0 Å². The lowest BCUT2D eigenvalue weighted by atomic mass is 9.97. The van der Waals surface area contributed by atoms with Crippen molar-refractivity contribution in [3.63, 3.8) is 0 Å². The maximum Gasteiger partial charge on any atom is 0.309 e. The molecule has 1 N–H and O–H groups in total. The Labute approximate surface area is 131 Å². The third-order valence-corrected chi connectivity index (χ3v) is 4.00. The van der Waals surface area contributed by atoms with Crippen molar-refractivity contribution in [2.75, 3.05) is 13.2 Å². The molecule has 0 aliphatic heterocycles. The first kappa shape index (κ1) is 20.4. The third kappa shape index (κ3) is 12.9. The summed E-state index contributed by atoms with van der Waals surface area (Å²) in [5, 5.41) is 9.01. The lowest BCUT2D eigenvalue weighted by Crippen LogP contribution is -2.19. The van der Waals surface area contributed by atoms with Gasteiger partial charge in [-0.1, -0.05) is 71.1 Å². The minimum atomic E-state index is -0.137. The molecule has 1 atom stereocenters. The van der Waals surface area contributed by atoms with E-state index in [4.69, 9.17) is 9.84 Å². The molecule has 126 valence electrons. The summed E-state index contributed by atoms with van der Waals surface area (Å²) in [7, 11) is 0. The summed E-state index contributed by atoms with van der Waals surface area (Å²) in [6.07, 6.45) is 14.4. The van der Waals surface area contributed by atoms with E-state index in [1.54, 1.807) is 0 Å². The second kappa shape index (κ2) is 15.8. The van der Waals surface area contributed by atoms with Gasteiger partial charge in [0.15, 0.2) is 0 Å². The first-order chi connectivity index (χ1) is 10.3. The fourth-order valence-electron chi connectivity index (χ4n) is 2.67. The van der Waals surface area contributed by atoms with E-state index in [2.05, 4.69) is 6.92 Å². The molecular formula is C18H36O3. The maximum atomic E-state index is 11.7. The van der Waals surface area contributed by atoms with E-state index < -0.39 is 0 Å². The van der Waals surface area contributed by atoms with Crippen molar-refractivity contribution in [3.05, 3.63) is 0 Å². The summed E-state index contributed by atoms with van der Waals surface area (Å²) in [5.41, 5.74) is 0. The number of aliphatic hydroxyl groups excluding tert-OH is 1. The molecule has 0 bridgehead atoms. The molecular weight excluding hydrogens is 264 g/mol. The minimum absolute atomic E-state index is 0.0707. The molecule has 0 saturated heterocycles. The molecule has 0 amide bonds. The second-order valence-corrected chi connectivity index (χ2v) is 5.93. The van der Waals surface area contributed by atoms with Crippen LogP contribution in [-0.4, -0.2) is 24.3 Å². The lowest BCUT2D eigenvalue weighted by Gasteiger charge is -2.14. The number of carbonyl (C=O) groups excluding carboxylic acids is 1. The molecule has 0 rings (SSSR count). The Kier molecular flexibility index (Phi) is 15.4. The number of esters is 1. The van der Waals surface area contributed by atoms with E-state index in [0.717, 1.165) is 12.8 Å². The summed E-state index contributed by atoms with van der Waals surface area (Å²) in [4.78, 5) is 11.7. The Hall–Kier alpha value is -0.570. The van der Waals surface area contributed by atoms with Crippen LogP contribution in [0.4, 0.5) is 0 Å². The predicted octanol–water partition coefficient (Wildman–Crippen LogP) is 4.86. The molecule has 3 nitrogen and oxygen atoms in total. The molecule has 0 aromatic carbocycles. The van der Waals surface area contributed by atoms with E-state index in [9.17, 15) is 4.79 Å². The van der Waals surface area contributed by atoms with E-state index in [1.807, 2.05) is 6.92 Å². The fourth-order valence-corrected chi connectivity index (χ4v) is 2.67. The monoisotopic (exact) mass is 300 g/mol. The Bertz CT molecular complexity index is 229. The molecule has 0 heterocycles. The van der Waals surface area contributed by atoms with Crippen LogP contribution in [0.5, 0.6) is 0 Å². The smallest absolute Gasteiger partial charge is 0.309 e. The van der Waals surface area contributed by atoms with Gasteiger partial charge in [-0.15, -0.1) is 0 Å². The van der Waals surface area contributed by atoms with Crippen molar-refractivity contribution in [1.82, 2.24) is 0 Å². The molecule has 0 fully saturated rings. The van der Waals surface area contributed by atoms with E-state index in [-0.39, 0.29) is 18.5 Å². The van der Waals surface area contributed by atoms with Gasteiger partial charge in [0.05, 0.1) is 12.5 Å². The topological polar surface area (TPSA) is 46.5 Å². The molecule has 0 aliphatic carbocycles. The molecule has 0 radical (unpaired) electrons. The van der Waals surface area contributed by atoms with Gasteiger partial charge < -0.3 is 9.84 Å². The van der Waals surface area contributed by atoms with Gasteiger partial charge in [0, 0.05) is 6.61 Å². The zero-order valence-corrected chi connectivity index (χ0v) is 14.2. The van der Waals surface area contributed by atoms with Crippen molar-refractivity contribution < 1.29 is 14.6 Å². The van der Waals surface area contributed by atoms with Crippen molar-refractivity contribution in [2.45, 2.75) is 90.9 Å². The highest BCUT2D eigenvalue weighted by molar-refractivity contribution is 5.72. The Morgan fingerprint density at radius 3 is 1.86 bits per heavy atom. The number of aliphatic hydroxyl groups is 1. The van der Waals surface area contributed by atoms with Gasteiger partial charge in [-0.3, -0.25) is 4.79 Å². The highest BCUT2D eigenvalue weighted by Crippen LogP contribution is 2.17. The summed E-state index contributed by atoms with van der Waals surface area (Å²) in [5.74, 6) is -0.244. The van der Waals surface area contributed by atoms with Crippen molar-refractivity contribution in [2.24, 2.45) is 5.92 Å². The zero-order valence-electron chi connectivity index (χ0n) is 14.2. The molecule has 3 heteroatoms. The van der Waals surface area contributed by atoms with Gasteiger partial charge in [0.25, 0.3) is 0 Å². The van der Waals surface area contributed by atoms with Crippen LogP contribution in [0.25, 0.3) is 0 Å². The average Bonchev–Trinajstić information content (AvgIpc) is 2.48. The van der Waals surface area contributed by atoms with Crippen LogP contribution in [0.1, 0.15) is 90.9 Å². The standard InChI is InChI=1S/C18H36O3/c1-3-5-6-7-8-9-10-11-12-13-14-17(15-16-19)18(20)21-4-2/h17,19H,3-16H2,1-2H3. The Morgan fingerprint density at radius 2 is 1.38 bits per heavy atom. The minimum Gasteiger partial charge on any atom is -0.466 e. The molecule has 0 spiro atoms. The summed E-state index contributed by atoms with van der Waals surface area (Å²) in [6.45, 7) is 4.58. The van der Waals surface area contributed by atoms with Gasteiger partial charge in [0.2, 0.25) is 0 Å². The van der Waals surface area contributed by atoms with Crippen molar-refractivity contribution >= 4 is 5.97 Å². The van der Waals surface area contributed by atoms with Crippen LogP contribution >= 0.6 is 0 Å². The van der Waals surface area contributed by atoms with E-state index >= 15 is 0 Å². The molecule has 0 saturated carbocycles. The average molecular weight is 300 g/mol. The number of hydrogen-bond donors (Lipinski definition) is 1. The largest absolute Gasteiger partial charge is 0.466 e. The van der Waals surface area contributed by atoms with E-state index in [1.165, 1.54) is 57.8 Å². The molecule has 0 aromatic heterocycles. The number of unbranched alkanes of at least 4 members (excludes halogenated alkanes) is 9. The zero-order chi connectivity index (χ0) is 15.8. The first-order valence-corrected chi connectivity index (χ1v) is 9.03. The highest BCUT2D eigenvalue weighted by Gasteiger charge is 2.18. The number of ether oxygens (including phenoxy) is 1. The van der Waals surface area contributed by atoms with Gasteiger partial charge in [-0.2, -0.15) is 0 Å². The van der Waals surface area contributed by atoms with Crippen LogP contribution in [0.15, 0.2) is 0 Å². The first-order valence-electron chi connectivity index (χ1n) is 9.03. The normalized spacial score (nSPS) is 12.3. The van der Waals surface area contributed by atoms with Crippen LogP contribution in [0, 0.1) is 5.92 Å². The van der Waals surface area contributed by atoms with Crippen molar-refractivity contribution in [1.29, 1.82) is 0 Å². The quantitative estimate of drug-likeness (QED) is 0.347. The molecule has 0 aromatic rings. The van der Waals surface area contributed by atoms with Gasteiger partial charge in [-0.25, -0.2) is 0 Å². The number of hydrogen-bond acceptors (Lipinski definition) is 3. The summed E-state index contributed by atoms with van der Waals surface area (Å²) >= 11 is 0. The fraction of sp³-hybridized carbons (Fsp3) is 0.944. The van der Waals surface area contributed by atoms with Crippen molar-refractivity contribution in [3.8, 4) is 0 Å². The number of carbonyl (C=O) groups is 1. The van der Waals surface area contributed by atoms with Gasteiger partial charge in [-0.05, 0) is 19.8 Å². The number of rotatable bonds is 15. The second-order valence-electron chi connectivity index (χ2n) is 5.93.